The molecule has 2 atom stereocenters. The Kier molecular flexibility index (Phi) is 8.21. The summed E-state index contributed by atoms with van der Waals surface area (Å²) in [6.45, 7) is 2.76. The normalized spacial score (nSPS) is 16.1. The van der Waals surface area contributed by atoms with E-state index in [1.807, 2.05) is 37.4 Å². The fraction of sp³-hybridized carbons (Fsp3) is 0.375. The number of urea groups is 1. The van der Waals surface area contributed by atoms with Gasteiger partial charge in [0.05, 0.1) is 6.04 Å². The lowest BCUT2D eigenvalue weighted by atomic mass is 10.0. The Hall–Kier alpha value is -3.39. The van der Waals surface area contributed by atoms with Crippen LogP contribution in [0.25, 0.3) is 0 Å². The standard InChI is InChI=1S/C24H30N4O4/c1-27-11-13-28(14-12-27)24(32)26-22(16-18-5-3-2-4-6-18)23(31)25-20(17-29)15-19-7-9-21(30)10-8-19/h2-10,17,20,22,30H,11-16H2,1H3,(H,25,31)(H,26,32). The van der Waals surface area contributed by atoms with Crippen molar-refractivity contribution in [1.82, 2.24) is 20.4 Å². The topological polar surface area (TPSA) is 102 Å². The number of nitrogens with one attached hydrogen (secondary N) is 2. The van der Waals surface area contributed by atoms with Crippen LogP contribution < -0.4 is 10.6 Å². The first kappa shape index (κ1) is 23.3. The number of piperazine rings is 1. The maximum absolute atomic E-state index is 13.1. The Balaban J connectivity index is 1.67. The van der Waals surface area contributed by atoms with E-state index in [-0.39, 0.29) is 11.8 Å². The molecule has 0 saturated carbocycles. The molecular formula is C24H30N4O4. The summed E-state index contributed by atoms with van der Waals surface area (Å²) in [5.74, 6) is -0.276. The zero-order chi connectivity index (χ0) is 22.9. The van der Waals surface area contributed by atoms with Crippen LogP contribution in [0.2, 0.25) is 0 Å². The first-order valence-corrected chi connectivity index (χ1v) is 10.8. The molecule has 1 heterocycles. The minimum absolute atomic E-state index is 0.134. The van der Waals surface area contributed by atoms with Crippen molar-refractivity contribution < 1.29 is 19.5 Å². The SMILES string of the molecule is CN1CCN(C(=O)NC(Cc2ccccc2)C(=O)NC(C=O)Cc2ccc(O)cc2)CC1. The van der Waals surface area contributed by atoms with E-state index in [9.17, 15) is 19.5 Å². The van der Waals surface area contributed by atoms with E-state index < -0.39 is 18.0 Å². The Morgan fingerprint density at radius 3 is 2.19 bits per heavy atom. The van der Waals surface area contributed by atoms with Gasteiger partial charge in [-0.1, -0.05) is 42.5 Å². The van der Waals surface area contributed by atoms with Gasteiger partial charge in [-0.15, -0.1) is 0 Å². The van der Waals surface area contributed by atoms with E-state index in [0.29, 0.717) is 32.2 Å². The molecule has 3 N–H and O–H groups in total. The van der Waals surface area contributed by atoms with E-state index in [2.05, 4.69) is 15.5 Å². The number of amides is 3. The molecule has 3 amide bonds. The number of aromatic hydroxyl groups is 1. The van der Waals surface area contributed by atoms with Crippen molar-refractivity contribution in [3.05, 3.63) is 65.7 Å². The third-order valence-corrected chi connectivity index (χ3v) is 5.57. The molecule has 170 valence electrons. The smallest absolute Gasteiger partial charge is 0.318 e. The highest BCUT2D eigenvalue weighted by atomic mass is 16.3. The van der Waals surface area contributed by atoms with Gasteiger partial charge in [0.15, 0.2) is 0 Å². The van der Waals surface area contributed by atoms with Gasteiger partial charge in [0, 0.05) is 32.6 Å². The molecule has 8 heteroatoms. The van der Waals surface area contributed by atoms with Crippen molar-refractivity contribution in [1.29, 1.82) is 0 Å². The summed E-state index contributed by atoms with van der Waals surface area (Å²) in [6.07, 6.45) is 1.30. The summed E-state index contributed by atoms with van der Waals surface area (Å²) in [5, 5.41) is 15.0. The van der Waals surface area contributed by atoms with Crippen LogP contribution in [-0.2, 0) is 22.4 Å². The number of phenols is 1. The van der Waals surface area contributed by atoms with Crippen molar-refractivity contribution in [3.8, 4) is 5.75 Å². The summed E-state index contributed by atoms with van der Waals surface area (Å²) in [5.41, 5.74) is 1.72. The molecule has 2 aromatic carbocycles. The van der Waals surface area contributed by atoms with E-state index in [0.717, 1.165) is 24.2 Å². The van der Waals surface area contributed by atoms with E-state index >= 15 is 0 Å². The van der Waals surface area contributed by atoms with E-state index in [1.54, 1.807) is 17.0 Å². The number of aldehydes is 1. The highest BCUT2D eigenvalue weighted by Gasteiger charge is 2.27. The van der Waals surface area contributed by atoms with Crippen molar-refractivity contribution in [3.63, 3.8) is 0 Å². The lowest BCUT2D eigenvalue weighted by Gasteiger charge is -2.33. The molecule has 1 saturated heterocycles. The lowest BCUT2D eigenvalue weighted by Crippen LogP contribution is -2.57. The molecular weight excluding hydrogens is 408 g/mol. The Morgan fingerprint density at radius 1 is 0.938 bits per heavy atom. The molecule has 2 aromatic rings. The third-order valence-electron chi connectivity index (χ3n) is 5.57. The van der Waals surface area contributed by atoms with Crippen molar-refractivity contribution in [2.45, 2.75) is 24.9 Å². The van der Waals surface area contributed by atoms with Crippen LogP contribution in [0.5, 0.6) is 5.75 Å². The fourth-order valence-corrected chi connectivity index (χ4v) is 3.61. The number of nitrogens with zero attached hydrogens (tertiary/aromatic N) is 2. The van der Waals surface area contributed by atoms with Crippen LogP contribution in [0.15, 0.2) is 54.6 Å². The van der Waals surface area contributed by atoms with Gasteiger partial charge in [-0.05, 0) is 36.7 Å². The molecule has 8 nitrogen and oxygen atoms in total. The summed E-state index contributed by atoms with van der Waals surface area (Å²) in [4.78, 5) is 41.4. The van der Waals surface area contributed by atoms with Gasteiger partial charge in [0.25, 0.3) is 0 Å². The zero-order valence-electron chi connectivity index (χ0n) is 18.2. The number of benzene rings is 2. The highest BCUT2D eigenvalue weighted by Crippen LogP contribution is 2.11. The lowest BCUT2D eigenvalue weighted by molar-refractivity contribution is -0.125. The van der Waals surface area contributed by atoms with Crippen LogP contribution >= 0.6 is 0 Å². The number of hydrogen-bond acceptors (Lipinski definition) is 5. The minimum atomic E-state index is -0.813. The van der Waals surface area contributed by atoms with E-state index in [4.69, 9.17) is 0 Å². The number of likely N-dealkylation sites (N-methyl/N-ethyl adjacent to an activating group) is 1. The summed E-state index contributed by atoms with van der Waals surface area (Å²) >= 11 is 0. The molecule has 2 unspecified atom stereocenters. The van der Waals surface area contributed by atoms with Crippen LogP contribution in [0.3, 0.4) is 0 Å². The second-order valence-electron chi connectivity index (χ2n) is 8.10. The summed E-state index contributed by atoms with van der Waals surface area (Å²) < 4.78 is 0. The monoisotopic (exact) mass is 438 g/mol. The predicted molar refractivity (Wildman–Crippen MR) is 121 cm³/mol. The molecule has 3 rings (SSSR count). The molecule has 32 heavy (non-hydrogen) atoms. The number of rotatable bonds is 8. The highest BCUT2D eigenvalue weighted by molar-refractivity contribution is 5.89. The Labute approximate surface area is 188 Å². The maximum atomic E-state index is 13.1. The van der Waals surface area contributed by atoms with Gasteiger partial charge in [0.1, 0.15) is 18.1 Å². The number of carbonyl (C=O) groups is 3. The predicted octanol–water partition coefficient (Wildman–Crippen LogP) is 1.19. The summed E-state index contributed by atoms with van der Waals surface area (Å²) in [6, 6.07) is 14.1. The van der Waals surface area contributed by atoms with Crippen molar-refractivity contribution in [2.75, 3.05) is 33.2 Å². The van der Waals surface area contributed by atoms with Crippen molar-refractivity contribution >= 4 is 18.2 Å². The average Bonchev–Trinajstić information content (AvgIpc) is 2.80. The Morgan fingerprint density at radius 2 is 1.56 bits per heavy atom. The van der Waals surface area contributed by atoms with Crippen LogP contribution in [0, 0.1) is 0 Å². The number of hydrogen-bond donors (Lipinski definition) is 3. The molecule has 1 aliphatic rings. The van der Waals surface area contributed by atoms with E-state index in [1.165, 1.54) is 12.1 Å². The first-order chi connectivity index (χ1) is 15.4. The van der Waals surface area contributed by atoms with Crippen LogP contribution in [0.4, 0.5) is 4.79 Å². The quantitative estimate of drug-likeness (QED) is 0.538. The number of carbonyl (C=O) groups excluding carboxylic acids is 3. The third kappa shape index (κ3) is 6.81. The maximum Gasteiger partial charge on any atom is 0.318 e. The molecule has 0 radical (unpaired) electrons. The molecule has 1 fully saturated rings. The second kappa shape index (κ2) is 11.3. The van der Waals surface area contributed by atoms with Gasteiger partial charge >= 0.3 is 6.03 Å². The average molecular weight is 439 g/mol. The summed E-state index contributed by atoms with van der Waals surface area (Å²) in [7, 11) is 2.01. The van der Waals surface area contributed by atoms with Gasteiger partial charge in [-0.2, -0.15) is 0 Å². The first-order valence-electron chi connectivity index (χ1n) is 10.8. The molecule has 0 bridgehead atoms. The molecule has 0 aromatic heterocycles. The second-order valence-corrected chi connectivity index (χ2v) is 8.10. The number of phenolic OH excluding ortho intramolecular Hbond substituents is 1. The van der Waals surface area contributed by atoms with Gasteiger partial charge in [-0.3, -0.25) is 4.79 Å². The van der Waals surface area contributed by atoms with Crippen molar-refractivity contribution in [2.24, 2.45) is 0 Å². The van der Waals surface area contributed by atoms with Gasteiger partial charge in [0.2, 0.25) is 5.91 Å². The fourth-order valence-electron chi connectivity index (χ4n) is 3.61. The molecule has 0 aliphatic carbocycles. The largest absolute Gasteiger partial charge is 0.508 e. The molecule has 1 aliphatic heterocycles. The van der Waals surface area contributed by atoms with Gasteiger partial charge in [-0.25, -0.2) is 4.79 Å². The molecule has 0 spiro atoms. The van der Waals surface area contributed by atoms with Gasteiger partial charge < -0.3 is 30.3 Å². The van der Waals surface area contributed by atoms with Crippen LogP contribution in [-0.4, -0.2) is 78.4 Å². The zero-order valence-corrected chi connectivity index (χ0v) is 18.2. The Bertz CT molecular complexity index is 896. The minimum Gasteiger partial charge on any atom is -0.508 e. The van der Waals surface area contributed by atoms with Crippen LogP contribution in [0.1, 0.15) is 11.1 Å².